The van der Waals surface area contributed by atoms with Crippen molar-refractivity contribution in [3.05, 3.63) is 29.8 Å². The van der Waals surface area contributed by atoms with Crippen molar-refractivity contribution in [1.29, 1.82) is 0 Å². The van der Waals surface area contributed by atoms with Crippen LogP contribution in [0.3, 0.4) is 0 Å². The minimum atomic E-state index is -0.469. The molecule has 0 saturated heterocycles. The van der Waals surface area contributed by atoms with Crippen molar-refractivity contribution in [1.82, 2.24) is 0 Å². The van der Waals surface area contributed by atoms with Crippen LogP contribution in [0.25, 0.3) is 0 Å². The van der Waals surface area contributed by atoms with Crippen LogP contribution in [0.15, 0.2) is 24.3 Å². The van der Waals surface area contributed by atoms with Crippen LogP contribution in [0, 0.1) is 0 Å². The number of nitrogens with zero attached hydrogens (tertiary/aromatic N) is 1. The van der Waals surface area contributed by atoms with Gasteiger partial charge in [-0.15, -0.1) is 0 Å². The molecule has 18 heavy (non-hydrogen) atoms. The van der Waals surface area contributed by atoms with Crippen molar-refractivity contribution in [2.75, 3.05) is 18.1 Å². The zero-order chi connectivity index (χ0) is 13.0. The standard InChI is InChI=1S/C15H23NO2/c1-12(18)14-8-4-5-9-15(14)16(10-11-17)13-6-2-3-7-13/h4-5,8-9,12-13,17-18H,2-3,6-7,10-11H2,1H3/t12-/m1/s1. The van der Waals surface area contributed by atoms with Gasteiger partial charge in [0.05, 0.1) is 12.7 Å². The number of benzene rings is 1. The summed E-state index contributed by atoms with van der Waals surface area (Å²) < 4.78 is 0. The van der Waals surface area contributed by atoms with Gasteiger partial charge in [-0.2, -0.15) is 0 Å². The Morgan fingerprint density at radius 3 is 2.56 bits per heavy atom. The maximum absolute atomic E-state index is 9.88. The number of hydrogen-bond acceptors (Lipinski definition) is 3. The van der Waals surface area contributed by atoms with Crippen LogP contribution in [0.1, 0.15) is 44.3 Å². The van der Waals surface area contributed by atoms with Crippen LogP contribution >= 0.6 is 0 Å². The Hall–Kier alpha value is -1.06. The van der Waals surface area contributed by atoms with Gasteiger partial charge >= 0.3 is 0 Å². The molecule has 1 aliphatic rings. The molecule has 1 atom stereocenters. The molecule has 3 nitrogen and oxygen atoms in total. The van der Waals surface area contributed by atoms with Crippen molar-refractivity contribution in [3.63, 3.8) is 0 Å². The maximum atomic E-state index is 9.88. The molecule has 100 valence electrons. The SMILES string of the molecule is C[C@@H](O)c1ccccc1N(CCO)C1CCCC1. The Balaban J connectivity index is 2.29. The summed E-state index contributed by atoms with van der Waals surface area (Å²) in [5, 5.41) is 19.2. The molecule has 0 heterocycles. The number of hydrogen-bond donors (Lipinski definition) is 2. The van der Waals surface area contributed by atoms with Crippen molar-refractivity contribution < 1.29 is 10.2 Å². The van der Waals surface area contributed by atoms with Gasteiger partial charge in [0, 0.05) is 23.8 Å². The fraction of sp³-hybridized carbons (Fsp3) is 0.600. The van der Waals surface area contributed by atoms with Gasteiger partial charge in [0.25, 0.3) is 0 Å². The summed E-state index contributed by atoms with van der Waals surface area (Å²) >= 11 is 0. The van der Waals surface area contributed by atoms with E-state index >= 15 is 0 Å². The summed E-state index contributed by atoms with van der Waals surface area (Å²) in [6, 6.07) is 8.49. The lowest BCUT2D eigenvalue weighted by molar-refractivity contribution is 0.199. The predicted octanol–water partition coefficient (Wildman–Crippen LogP) is 2.48. The number of rotatable bonds is 5. The molecule has 1 saturated carbocycles. The highest BCUT2D eigenvalue weighted by molar-refractivity contribution is 5.55. The Morgan fingerprint density at radius 1 is 1.28 bits per heavy atom. The van der Waals surface area contributed by atoms with Crippen molar-refractivity contribution in [3.8, 4) is 0 Å². The Kier molecular flexibility index (Phi) is 4.61. The maximum Gasteiger partial charge on any atom is 0.0781 e. The van der Waals surface area contributed by atoms with E-state index in [1.165, 1.54) is 25.7 Å². The third-order valence-electron chi connectivity index (χ3n) is 3.80. The molecular formula is C15H23NO2. The summed E-state index contributed by atoms with van der Waals surface area (Å²) in [4.78, 5) is 2.27. The lowest BCUT2D eigenvalue weighted by Crippen LogP contribution is -2.36. The van der Waals surface area contributed by atoms with Gasteiger partial charge in [-0.25, -0.2) is 0 Å². The summed E-state index contributed by atoms with van der Waals surface area (Å²) in [5.41, 5.74) is 2.03. The average molecular weight is 249 g/mol. The summed E-state index contributed by atoms with van der Waals surface area (Å²) in [5.74, 6) is 0. The average Bonchev–Trinajstić information content (AvgIpc) is 2.89. The van der Waals surface area contributed by atoms with E-state index in [-0.39, 0.29) is 6.61 Å². The Bertz CT molecular complexity index is 373. The Morgan fingerprint density at radius 2 is 1.94 bits per heavy atom. The molecule has 1 aliphatic carbocycles. The predicted molar refractivity (Wildman–Crippen MR) is 73.8 cm³/mol. The van der Waals surface area contributed by atoms with E-state index < -0.39 is 6.10 Å². The minimum absolute atomic E-state index is 0.157. The van der Waals surface area contributed by atoms with Gasteiger partial charge in [0.1, 0.15) is 0 Å². The number of aliphatic hydroxyl groups excluding tert-OH is 2. The molecule has 2 rings (SSSR count). The van der Waals surface area contributed by atoms with Gasteiger partial charge in [0.2, 0.25) is 0 Å². The molecule has 1 fully saturated rings. The molecule has 0 aromatic heterocycles. The molecular weight excluding hydrogens is 226 g/mol. The van der Waals surface area contributed by atoms with Gasteiger partial charge < -0.3 is 15.1 Å². The second kappa shape index (κ2) is 6.21. The van der Waals surface area contributed by atoms with E-state index in [0.29, 0.717) is 12.6 Å². The molecule has 1 aromatic rings. The van der Waals surface area contributed by atoms with Crippen molar-refractivity contribution >= 4 is 5.69 Å². The van der Waals surface area contributed by atoms with E-state index in [9.17, 15) is 10.2 Å². The van der Waals surface area contributed by atoms with Crippen LogP contribution < -0.4 is 4.90 Å². The van der Waals surface area contributed by atoms with Gasteiger partial charge in [-0.3, -0.25) is 0 Å². The highest BCUT2D eigenvalue weighted by Gasteiger charge is 2.24. The van der Waals surface area contributed by atoms with Crippen LogP contribution in [-0.2, 0) is 0 Å². The first-order chi connectivity index (χ1) is 8.74. The van der Waals surface area contributed by atoms with E-state index in [2.05, 4.69) is 11.0 Å². The lowest BCUT2D eigenvalue weighted by Gasteiger charge is -2.33. The molecule has 0 radical (unpaired) electrons. The first-order valence-electron chi connectivity index (χ1n) is 6.88. The highest BCUT2D eigenvalue weighted by Crippen LogP contribution is 2.32. The van der Waals surface area contributed by atoms with Crippen LogP contribution in [0.5, 0.6) is 0 Å². The first kappa shape index (κ1) is 13.4. The largest absolute Gasteiger partial charge is 0.395 e. The van der Waals surface area contributed by atoms with Crippen molar-refractivity contribution in [2.45, 2.75) is 44.8 Å². The zero-order valence-corrected chi connectivity index (χ0v) is 11.0. The fourth-order valence-electron chi connectivity index (χ4n) is 2.93. The molecule has 3 heteroatoms. The van der Waals surface area contributed by atoms with E-state index in [0.717, 1.165) is 11.3 Å². The van der Waals surface area contributed by atoms with Crippen LogP contribution in [-0.4, -0.2) is 29.4 Å². The molecule has 0 spiro atoms. The molecule has 0 amide bonds. The van der Waals surface area contributed by atoms with Crippen LogP contribution in [0.4, 0.5) is 5.69 Å². The quantitative estimate of drug-likeness (QED) is 0.842. The van der Waals surface area contributed by atoms with Crippen molar-refractivity contribution in [2.24, 2.45) is 0 Å². The first-order valence-corrected chi connectivity index (χ1v) is 6.88. The second-order valence-electron chi connectivity index (χ2n) is 5.09. The number of aliphatic hydroxyl groups is 2. The molecule has 2 N–H and O–H groups in total. The van der Waals surface area contributed by atoms with Gasteiger partial charge in [-0.1, -0.05) is 31.0 Å². The number of para-hydroxylation sites is 1. The summed E-state index contributed by atoms with van der Waals surface area (Å²) in [7, 11) is 0. The normalized spacial score (nSPS) is 17.9. The topological polar surface area (TPSA) is 43.7 Å². The minimum Gasteiger partial charge on any atom is -0.395 e. The molecule has 0 aliphatic heterocycles. The Labute approximate surface area is 109 Å². The van der Waals surface area contributed by atoms with Gasteiger partial charge in [0.15, 0.2) is 0 Å². The summed E-state index contributed by atoms with van der Waals surface area (Å²) in [6.07, 6.45) is 4.44. The fourth-order valence-corrected chi connectivity index (χ4v) is 2.93. The third kappa shape index (κ3) is 2.85. The second-order valence-corrected chi connectivity index (χ2v) is 5.09. The molecule has 0 bridgehead atoms. The lowest BCUT2D eigenvalue weighted by atomic mass is 10.0. The number of anilines is 1. The highest BCUT2D eigenvalue weighted by atomic mass is 16.3. The molecule has 0 unspecified atom stereocenters. The van der Waals surface area contributed by atoms with E-state index in [4.69, 9.17) is 0 Å². The van der Waals surface area contributed by atoms with Crippen LogP contribution in [0.2, 0.25) is 0 Å². The summed E-state index contributed by atoms with van der Waals surface area (Å²) in [6.45, 7) is 2.60. The monoisotopic (exact) mass is 249 g/mol. The third-order valence-corrected chi connectivity index (χ3v) is 3.80. The smallest absolute Gasteiger partial charge is 0.0781 e. The van der Waals surface area contributed by atoms with E-state index in [1.807, 2.05) is 18.2 Å². The molecule has 1 aromatic carbocycles. The van der Waals surface area contributed by atoms with Gasteiger partial charge in [-0.05, 0) is 25.8 Å². The van der Waals surface area contributed by atoms with E-state index in [1.54, 1.807) is 6.92 Å². The zero-order valence-electron chi connectivity index (χ0n) is 11.0.